The van der Waals surface area contributed by atoms with Crippen LogP contribution in [-0.4, -0.2) is 60.5 Å². The molecule has 5 aromatic carbocycles. The molecule has 0 fully saturated rings. The molecule has 8 rings (SSSR count). The van der Waals surface area contributed by atoms with Crippen LogP contribution >= 0.6 is 0 Å². The third-order valence-electron chi connectivity index (χ3n) is 9.22. The number of esters is 3. The van der Waals surface area contributed by atoms with Crippen molar-refractivity contribution in [2.75, 3.05) is 0 Å². The average molecular weight is 1230 g/mol. The van der Waals surface area contributed by atoms with Gasteiger partial charge in [-0.25, -0.2) is 19.2 Å². The number of rotatable bonds is 4. The monoisotopic (exact) mass is 1230 g/mol. The van der Waals surface area contributed by atoms with Gasteiger partial charge in [-0.3, -0.25) is 4.79 Å². The van der Waals surface area contributed by atoms with Gasteiger partial charge in [-0.15, -0.1) is 0 Å². The van der Waals surface area contributed by atoms with Gasteiger partial charge in [0.2, 0.25) is 0 Å². The summed E-state index contributed by atoms with van der Waals surface area (Å²) in [6.07, 6.45) is 2.02. The van der Waals surface area contributed by atoms with Crippen LogP contribution in [0, 0.1) is 88.1 Å². The molecule has 0 aromatic heterocycles. The number of aryl methyl sites for hydroxylation is 3. The molecule has 0 unspecified atom stereocenters. The number of aromatic hydroxyl groups is 4. The van der Waals surface area contributed by atoms with Gasteiger partial charge in [0, 0.05) is 130 Å². The minimum absolute atomic E-state index is 0. The number of carboxylic acids is 2. The molecular formula is C43H38Ac2O14. The van der Waals surface area contributed by atoms with Crippen LogP contribution in [0.5, 0.6) is 34.5 Å². The van der Waals surface area contributed by atoms with Gasteiger partial charge in [0.25, 0.3) is 5.97 Å². The van der Waals surface area contributed by atoms with Gasteiger partial charge in [0.1, 0.15) is 34.5 Å². The van der Waals surface area contributed by atoms with Crippen LogP contribution < -0.4 is 4.74 Å². The predicted octanol–water partition coefficient (Wildman–Crippen LogP) is 7.24. The molecule has 16 heteroatoms. The summed E-state index contributed by atoms with van der Waals surface area (Å²) in [7, 11) is 0. The van der Waals surface area contributed by atoms with Crippen LogP contribution in [0.1, 0.15) is 103 Å². The van der Waals surface area contributed by atoms with Crippen LogP contribution in [0.3, 0.4) is 0 Å². The number of hydrogen-bond acceptors (Lipinski definition) is 12. The third-order valence-corrected chi connectivity index (χ3v) is 9.22. The SMILES string of the molecule is CC(=O)O.CCc1cc2c(cc1O)Oc1cc(O)c(CC)cc1C21OC(=O)c2ccccc21.CCc1ccc(O)cc1O.O=C(O)c1ccc2c(c1)C(=O)OC2=O.[Ac].[Ac]. The number of hydrogen-bond donors (Lipinski definition) is 6. The number of carbonyl (C=O) groups is 5. The second-order valence-electron chi connectivity index (χ2n) is 12.8. The molecule has 0 saturated carbocycles. The average Bonchev–Trinajstić information content (AvgIpc) is 3.63. The quantitative estimate of drug-likeness (QED) is 0.0770. The number of ether oxygens (including phenoxy) is 3. The van der Waals surface area contributed by atoms with Gasteiger partial charge < -0.3 is 44.8 Å². The number of benzene rings is 5. The van der Waals surface area contributed by atoms with Gasteiger partial charge in [-0.2, -0.15) is 0 Å². The number of aromatic carboxylic acids is 1. The normalized spacial score (nSPS) is 12.8. The second-order valence-corrected chi connectivity index (χ2v) is 12.8. The van der Waals surface area contributed by atoms with Gasteiger partial charge in [-0.05, 0) is 78.4 Å². The number of aliphatic carboxylic acids is 1. The Morgan fingerprint density at radius 2 is 1.07 bits per heavy atom. The third kappa shape index (κ3) is 10.3. The topological polar surface area (TPSA) is 234 Å². The second kappa shape index (κ2) is 20.7. The van der Waals surface area contributed by atoms with Crippen molar-refractivity contribution in [1.82, 2.24) is 0 Å². The minimum atomic E-state index is -1.19. The first-order valence-electron chi connectivity index (χ1n) is 17.6. The fourth-order valence-electron chi connectivity index (χ4n) is 6.46. The maximum atomic E-state index is 12.8. The van der Waals surface area contributed by atoms with E-state index >= 15 is 0 Å². The Hall–Kier alpha value is -4.47. The van der Waals surface area contributed by atoms with E-state index in [1.54, 1.807) is 30.3 Å². The van der Waals surface area contributed by atoms with Crippen molar-refractivity contribution in [3.63, 3.8) is 0 Å². The smallest absolute Gasteiger partial charge is 0.346 e. The first-order valence-corrected chi connectivity index (χ1v) is 17.6. The van der Waals surface area contributed by atoms with Crippen LogP contribution in [0.25, 0.3) is 0 Å². The summed E-state index contributed by atoms with van der Waals surface area (Å²) in [6.45, 7) is 6.94. The number of fused-ring (bicyclic) bond motifs is 7. The Morgan fingerprint density at radius 1 is 0.559 bits per heavy atom. The number of phenols is 4. The molecule has 0 bridgehead atoms. The van der Waals surface area contributed by atoms with Gasteiger partial charge in [0.05, 0.1) is 22.3 Å². The zero-order valence-corrected chi connectivity index (χ0v) is 41.8. The zero-order valence-electron chi connectivity index (χ0n) is 32.3. The predicted molar refractivity (Wildman–Crippen MR) is 202 cm³/mol. The molecule has 3 heterocycles. The van der Waals surface area contributed by atoms with E-state index in [0.29, 0.717) is 41.0 Å². The molecule has 59 heavy (non-hydrogen) atoms. The van der Waals surface area contributed by atoms with Crippen LogP contribution in [0.4, 0.5) is 0 Å². The van der Waals surface area contributed by atoms with E-state index < -0.39 is 35.4 Å². The van der Waals surface area contributed by atoms with Crippen LogP contribution in [0.15, 0.2) is 84.9 Å². The zero-order chi connectivity index (χ0) is 41.8. The van der Waals surface area contributed by atoms with Crippen molar-refractivity contribution >= 4 is 29.8 Å². The summed E-state index contributed by atoms with van der Waals surface area (Å²) in [6, 6.07) is 22.4. The van der Waals surface area contributed by atoms with E-state index in [-0.39, 0.29) is 128 Å². The summed E-state index contributed by atoms with van der Waals surface area (Å²) >= 11 is 0. The molecule has 0 amide bonds. The number of cyclic esters (lactones) is 2. The Balaban J connectivity index is 0.000000258. The molecule has 0 aliphatic carbocycles. The molecule has 3 aliphatic heterocycles. The molecule has 1 spiro atoms. The van der Waals surface area contributed by atoms with Crippen LogP contribution in [-0.2, 0) is 39.1 Å². The van der Waals surface area contributed by atoms with Crippen LogP contribution in [0.2, 0.25) is 0 Å². The maximum absolute atomic E-state index is 12.8. The van der Waals surface area contributed by atoms with E-state index in [4.69, 9.17) is 34.7 Å². The molecule has 14 nitrogen and oxygen atoms in total. The van der Waals surface area contributed by atoms with E-state index in [2.05, 4.69) is 4.74 Å². The first kappa shape index (κ1) is 48.9. The summed E-state index contributed by atoms with van der Waals surface area (Å²) in [5, 5.41) is 54.8. The van der Waals surface area contributed by atoms with Crippen molar-refractivity contribution in [3.8, 4) is 34.5 Å². The van der Waals surface area contributed by atoms with Gasteiger partial charge in [0.15, 0.2) is 5.60 Å². The van der Waals surface area contributed by atoms with E-state index in [9.17, 15) is 29.4 Å². The molecule has 5 aromatic rings. The molecular weight excluding hydrogens is 1190 g/mol. The van der Waals surface area contributed by atoms with Crippen molar-refractivity contribution in [2.45, 2.75) is 52.6 Å². The molecule has 0 atom stereocenters. The molecule has 6 N–H and O–H groups in total. The fraction of sp³-hybridized carbons (Fsp3) is 0.186. The van der Waals surface area contributed by atoms with Crippen molar-refractivity contribution < 1.29 is 157 Å². The number of carbonyl (C=O) groups excluding carboxylic acids is 3. The Labute approximate surface area is 409 Å². The molecule has 3 aliphatic rings. The first-order chi connectivity index (χ1) is 27.1. The maximum Gasteiger partial charge on any atom is 0.346 e. The van der Waals surface area contributed by atoms with Crippen molar-refractivity contribution in [1.29, 1.82) is 0 Å². The molecule has 300 valence electrons. The minimum Gasteiger partial charge on any atom is -0.508 e. The van der Waals surface area contributed by atoms with Gasteiger partial charge >= 0.3 is 23.9 Å². The molecule has 0 saturated heterocycles. The largest absolute Gasteiger partial charge is 0.508 e. The Bertz CT molecular complexity index is 2380. The summed E-state index contributed by atoms with van der Waals surface area (Å²) < 4.78 is 16.5. The van der Waals surface area contributed by atoms with Crippen molar-refractivity contribution in [2.24, 2.45) is 0 Å². The Morgan fingerprint density at radius 3 is 1.58 bits per heavy atom. The van der Waals surface area contributed by atoms with E-state index in [1.807, 2.05) is 51.1 Å². The van der Waals surface area contributed by atoms with E-state index in [0.717, 1.165) is 41.7 Å². The number of carboxylic acid groups (broad SMARTS) is 2. The van der Waals surface area contributed by atoms with Crippen molar-refractivity contribution in [3.05, 3.63) is 141 Å². The molecule has 2 radical (unpaired) electrons. The van der Waals surface area contributed by atoms with E-state index in [1.165, 1.54) is 18.2 Å². The number of phenolic OH excluding ortho intramolecular Hbond substituents is 4. The fourth-order valence-corrected chi connectivity index (χ4v) is 6.46. The summed E-state index contributed by atoms with van der Waals surface area (Å²) in [4.78, 5) is 54.4. The summed E-state index contributed by atoms with van der Waals surface area (Å²) in [5.41, 5.74) is 3.81. The van der Waals surface area contributed by atoms with Gasteiger partial charge in [-0.1, -0.05) is 45.0 Å². The Kier molecular flexibility index (Phi) is 17.1. The standard InChI is InChI=1S/C24H20O5.C9H4O5.C8H10O2.C2H4O2.2Ac/c1-3-13-9-17-21(11-19(13)25)28-22-12-20(26)14(4-2)10-18(22)24(17)16-8-6-5-7-15(16)23(27)29-24;10-7(11)4-1-2-5-6(3-4)9(13)14-8(5)12;1-2-6-3-4-7(9)5-8(6)10;1-2(3)4;;/h5-12,25-26H,3-4H2,1-2H3;1-3H,(H,10,11);3-5,9-10H,2H2,1H3;1H3,(H,3,4);;. The summed E-state index contributed by atoms with van der Waals surface area (Å²) in [5.74, 6) is -2.60.